The first-order valence-corrected chi connectivity index (χ1v) is 11.7. The molecule has 1 amide bonds. The Hall–Kier alpha value is -3.79. The topological polar surface area (TPSA) is 43.3 Å². The van der Waals surface area contributed by atoms with Gasteiger partial charge in [-0.25, -0.2) is 0 Å². The number of hydrogen-bond donors (Lipinski definition) is 1. The van der Waals surface area contributed by atoms with Crippen LogP contribution < -0.4 is 10.1 Å². The second-order valence-electron chi connectivity index (χ2n) is 8.83. The van der Waals surface area contributed by atoms with Gasteiger partial charge < -0.3 is 14.6 Å². The van der Waals surface area contributed by atoms with Crippen LogP contribution in [0, 0.1) is 13.8 Å². The van der Waals surface area contributed by atoms with Crippen molar-refractivity contribution in [3.05, 3.63) is 107 Å². The summed E-state index contributed by atoms with van der Waals surface area (Å²) in [5, 5.41) is 3.21. The van der Waals surface area contributed by atoms with Gasteiger partial charge in [0.15, 0.2) is 0 Å². The highest BCUT2D eigenvalue weighted by Crippen LogP contribution is 2.31. The second kappa shape index (κ2) is 10.4. The van der Waals surface area contributed by atoms with Crippen LogP contribution in [0.25, 0.3) is 16.9 Å². The fourth-order valence-corrected chi connectivity index (χ4v) is 4.24. The van der Waals surface area contributed by atoms with Crippen molar-refractivity contribution in [1.82, 2.24) is 9.88 Å². The number of hydrogen-bond acceptors (Lipinski definition) is 2. The van der Waals surface area contributed by atoms with Crippen molar-refractivity contribution < 1.29 is 9.53 Å². The molecule has 0 spiro atoms. The highest BCUT2D eigenvalue weighted by Gasteiger charge is 2.21. The summed E-state index contributed by atoms with van der Waals surface area (Å²) in [5.74, 6) is 0.762. The number of nitrogens with zero attached hydrogens (tertiary/aromatic N) is 1. The van der Waals surface area contributed by atoms with Crippen LogP contribution in [0.2, 0.25) is 0 Å². The molecule has 3 aromatic carbocycles. The Labute approximate surface area is 202 Å². The number of carbonyl (C=O) groups is 1. The number of carbonyl (C=O) groups excluding carboxylic acids is 1. The van der Waals surface area contributed by atoms with Crippen LogP contribution in [-0.2, 0) is 6.42 Å². The zero-order chi connectivity index (χ0) is 24.1. The van der Waals surface area contributed by atoms with E-state index in [0.717, 1.165) is 41.2 Å². The van der Waals surface area contributed by atoms with E-state index in [9.17, 15) is 4.79 Å². The normalized spacial score (nSPS) is 11.8. The van der Waals surface area contributed by atoms with E-state index >= 15 is 0 Å². The van der Waals surface area contributed by atoms with Gasteiger partial charge in [-0.15, -0.1) is 0 Å². The molecular formula is C30H32N2O2. The summed E-state index contributed by atoms with van der Waals surface area (Å²) in [5.41, 5.74) is 7.13. The average Bonchev–Trinajstić information content (AvgIpc) is 3.21. The zero-order valence-electron chi connectivity index (χ0n) is 20.3. The van der Waals surface area contributed by atoms with Crippen LogP contribution in [0.5, 0.6) is 5.75 Å². The molecular weight excluding hydrogens is 420 g/mol. The van der Waals surface area contributed by atoms with E-state index in [-0.39, 0.29) is 11.9 Å². The molecule has 1 heterocycles. The Morgan fingerprint density at radius 1 is 0.941 bits per heavy atom. The fourth-order valence-electron chi connectivity index (χ4n) is 4.24. The number of benzene rings is 3. The van der Waals surface area contributed by atoms with Gasteiger partial charge in [-0.05, 0) is 87.2 Å². The van der Waals surface area contributed by atoms with E-state index in [4.69, 9.17) is 4.74 Å². The van der Waals surface area contributed by atoms with E-state index in [0.29, 0.717) is 5.56 Å². The molecule has 4 heteroatoms. The summed E-state index contributed by atoms with van der Waals surface area (Å²) in [7, 11) is 1.66. The number of aromatic nitrogens is 1. The van der Waals surface area contributed by atoms with Crippen LogP contribution in [0.3, 0.4) is 0 Å². The number of amides is 1. The molecule has 0 aliphatic rings. The summed E-state index contributed by atoms with van der Waals surface area (Å²) in [4.78, 5) is 13.3. The Morgan fingerprint density at radius 2 is 1.62 bits per heavy atom. The SMILES string of the molecule is COc1ccc(-c2cc(C(=O)NC(C)CCc3ccccc3)c(C)n2-c2ccc(C)cc2)cc1. The lowest BCUT2D eigenvalue weighted by Crippen LogP contribution is -2.33. The van der Waals surface area contributed by atoms with E-state index in [1.54, 1.807) is 7.11 Å². The van der Waals surface area contributed by atoms with Crippen molar-refractivity contribution in [2.24, 2.45) is 0 Å². The minimum absolute atomic E-state index is 0.0429. The number of nitrogens with one attached hydrogen (secondary N) is 1. The van der Waals surface area contributed by atoms with Crippen molar-refractivity contribution in [2.75, 3.05) is 7.11 Å². The molecule has 4 nitrogen and oxygen atoms in total. The maximum Gasteiger partial charge on any atom is 0.253 e. The van der Waals surface area contributed by atoms with Gasteiger partial charge in [-0.2, -0.15) is 0 Å². The van der Waals surface area contributed by atoms with E-state index in [1.165, 1.54) is 11.1 Å². The van der Waals surface area contributed by atoms with Crippen molar-refractivity contribution in [2.45, 2.75) is 39.7 Å². The Morgan fingerprint density at radius 3 is 2.26 bits per heavy atom. The van der Waals surface area contributed by atoms with Crippen LogP contribution in [-0.4, -0.2) is 23.6 Å². The summed E-state index contributed by atoms with van der Waals surface area (Å²) in [6.45, 7) is 6.15. The molecule has 4 rings (SSSR count). The Balaban J connectivity index is 1.62. The number of methoxy groups -OCH3 is 1. The average molecular weight is 453 g/mol. The molecule has 1 atom stereocenters. The standard InChI is InChI=1S/C30H32N2O2/c1-21-10-16-26(17-11-21)32-23(3)28(20-29(32)25-14-18-27(34-4)19-15-25)30(33)31-22(2)12-13-24-8-6-5-7-9-24/h5-11,14-20,22H,12-13H2,1-4H3,(H,31,33). The quantitative estimate of drug-likeness (QED) is 0.331. The maximum atomic E-state index is 13.3. The van der Waals surface area contributed by atoms with Gasteiger partial charge in [0.25, 0.3) is 5.91 Å². The van der Waals surface area contributed by atoms with Crippen molar-refractivity contribution in [3.8, 4) is 22.7 Å². The summed E-state index contributed by atoms with van der Waals surface area (Å²) in [6.07, 6.45) is 1.82. The first-order valence-electron chi connectivity index (χ1n) is 11.7. The van der Waals surface area contributed by atoms with Gasteiger partial charge in [-0.3, -0.25) is 4.79 Å². The minimum Gasteiger partial charge on any atom is -0.497 e. The third-order valence-corrected chi connectivity index (χ3v) is 6.26. The largest absolute Gasteiger partial charge is 0.497 e. The molecule has 1 unspecified atom stereocenters. The lowest BCUT2D eigenvalue weighted by atomic mass is 10.1. The van der Waals surface area contributed by atoms with E-state index < -0.39 is 0 Å². The molecule has 0 aliphatic heterocycles. The smallest absolute Gasteiger partial charge is 0.253 e. The molecule has 1 N–H and O–H groups in total. The third kappa shape index (κ3) is 5.23. The number of ether oxygens (including phenoxy) is 1. The molecule has 0 aliphatic carbocycles. The van der Waals surface area contributed by atoms with E-state index in [2.05, 4.69) is 72.3 Å². The van der Waals surface area contributed by atoms with Gasteiger partial charge in [0, 0.05) is 17.4 Å². The molecule has 0 saturated carbocycles. The highest BCUT2D eigenvalue weighted by atomic mass is 16.5. The summed E-state index contributed by atoms with van der Waals surface area (Å²) >= 11 is 0. The van der Waals surface area contributed by atoms with Crippen molar-refractivity contribution in [3.63, 3.8) is 0 Å². The Bertz CT molecular complexity index is 1240. The lowest BCUT2D eigenvalue weighted by molar-refractivity contribution is 0.0938. The van der Waals surface area contributed by atoms with Crippen LogP contribution in [0.15, 0.2) is 84.9 Å². The molecule has 34 heavy (non-hydrogen) atoms. The molecule has 0 saturated heterocycles. The van der Waals surface area contributed by atoms with E-state index in [1.807, 2.05) is 43.3 Å². The van der Waals surface area contributed by atoms with Gasteiger partial charge in [0.05, 0.1) is 18.4 Å². The fraction of sp³-hybridized carbons (Fsp3) is 0.233. The minimum atomic E-state index is -0.0429. The predicted octanol–water partition coefficient (Wildman–Crippen LogP) is 6.52. The predicted molar refractivity (Wildman–Crippen MR) is 139 cm³/mol. The number of rotatable bonds is 8. The highest BCUT2D eigenvalue weighted by molar-refractivity contribution is 5.97. The molecule has 174 valence electrons. The van der Waals surface area contributed by atoms with Crippen LogP contribution in [0.4, 0.5) is 0 Å². The van der Waals surface area contributed by atoms with Gasteiger partial charge in [-0.1, -0.05) is 48.0 Å². The summed E-state index contributed by atoms with van der Waals surface area (Å²) < 4.78 is 7.49. The molecule has 4 aromatic rings. The molecule has 0 bridgehead atoms. The van der Waals surface area contributed by atoms with Gasteiger partial charge >= 0.3 is 0 Å². The third-order valence-electron chi connectivity index (χ3n) is 6.26. The summed E-state index contributed by atoms with van der Waals surface area (Å²) in [6, 6.07) is 28.8. The van der Waals surface area contributed by atoms with Crippen molar-refractivity contribution in [1.29, 1.82) is 0 Å². The number of aryl methyl sites for hydroxylation is 2. The van der Waals surface area contributed by atoms with Gasteiger partial charge in [0.1, 0.15) is 5.75 Å². The Kier molecular flexibility index (Phi) is 7.17. The van der Waals surface area contributed by atoms with Crippen LogP contribution in [0.1, 0.15) is 40.5 Å². The first kappa shape index (κ1) is 23.4. The first-order chi connectivity index (χ1) is 16.5. The monoisotopic (exact) mass is 452 g/mol. The van der Waals surface area contributed by atoms with Crippen LogP contribution >= 0.6 is 0 Å². The molecule has 1 aromatic heterocycles. The zero-order valence-corrected chi connectivity index (χ0v) is 20.3. The van der Waals surface area contributed by atoms with Crippen molar-refractivity contribution >= 4 is 5.91 Å². The lowest BCUT2D eigenvalue weighted by Gasteiger charge is -2.15. The maximum absolute atomic E-state index is 13.3. The molecule has 0 radical (unpaired) electrons. The van der Waals surface area contributed by atoms with Gasteiger partial charge in [0.2, 0.25) is 0 Å². The second-order valence-corrected chi connectivity index (χ2v) is 8.83. The molecule has 0 fully saturated rings.